The lowest BCUT2D eigenvalue weighted by Gasteiger charge is -2.20. The van der Waals surface area contributed by atoms with Gasteiger partial charge in [-0.15, -0.1) is 0 Å². The number of methoxy groups -OCH3 is 1. The number of halogens is 1. The first-order chi connectivity index (χ1) is 9.33. The molecule has 2 rings (SSSR count). The summed E-state index contributed by atoms with van der Waals surface area (Å²) in [6, 6.07) is 3.56. The second-order valence-corrected chi connectivity index (χ2v) is 6.20. The minimum Gasteiger partial charge on any atom is -0.493 e. The van der Waals surface area contributed by atoms with Crippen LogP contribution >= 0.6 is 11.6 Å². The third kappa shape index (κ3) is 3.37. The summed E-state index contributed by atoms with van der Waals surface area (Å²) in [5, 5.41) is 9.66. The van der Waals surface area contributed by atoms with Crippen LogP contribution in [-0.2, 0) is 11.2 Å². The fourth-order valence-corrected chi connectivity index (χ4v) is 2.21. The number of ether oxygens (including phenoxy) is 2. The first-order valence-electron chi connectivity index (χ1n) is 6.60. The number of hydrogen-bond acceptors (Lipinski definition) is 3. The number of benzene rings is 1. The Morgan fingerprint density at radius 3 is 2.60 bits per heavy atom. The Labute approximate surface area is 123 Å². The lowest BCUT2D eigenvalue weighted by molar-refractivity contribution is -0.146. The molecule has 1 aliphatic carbocycles. The molecule has 1 fully saturated rings. The number of hydrogen-bond donors (Lipinski definition) is 1. The highest BCUT2D eigenvalue weighted by Crippen LogP contribution is 2.41. The van der Waals surface area contributed by atoms with Gasteiger partial charge in [0.25, 0.3) is 0 Å². The minimum atomic E-state index is -0.854. The highest BCUT2D eigenvalue weighted by molar-refractivity contribution is 6.32. The van der Waals surface area contributed by atoms with Gasteiger partial charge in [0.15, 0.2) is 11.5 Å². The van der Waals surface area contributed by atoms with Crippen molar-refractivity contribution in [3.63, 3.8) is 0 Å². The van der Waals surface area contributed by atoms with Crippen molar-refractivity contribution in [3.8, 4) is 11.5 Å². The number of carboxylic acids is 1. The largest absolute Gasteiger partial charge is 0.493 e. The number of aliphatic carboxylic acids is 1. The molecule has 0 saturated heterocycles. The average Bonchev–Trinajstić information content (AvgIpc) is 3.15. The zero-order valence-corrected chi connectivity index (χ0v) is 12.7. The molecule has 1 aliphatic rings. The van der Waals surface area contributed by atoms with Crippen LogP contribution in [0.2, 0.25) is 5.02 Å². The lowest BCUT2D eigenvalue weighted by Crippen LogP contribution is -2.26. The fourth-order valence-electron chi connectivity index (χ4n) is 1.93. The Morgan fingerprint density at radius 2 is 2.10 bits per heavy atom. The quantitative estimate of drug-likeness (QED) is 0.872. The third-order valence-electron chi connectivity index (χ3n) is 3.32. The third-order valence-corrected chi connectivity index (χ3v) is 3.60. The van der Waals surface area contributed by atoms with E-state index < -0.39 is 11.4 Å². The van der Waals surface area contributed by atoms with E-state index in [2.05, 4.69) is 0 Å². The normalized spacial score (nSPS) is 15.0. The fraction of sp³-hybridized carbons (Fsp3) is 0.533. The van der Waals surface area contributed by atoms with E-state index >= 15 is 0 Å². The van der Waals surface area contributed by atoms with Crippen LogP contribution < -0.4 is 9.47 Å². The van der Waals surface area contributed by atoms with Crippen LogP contribution in [0.3, 0.4) is 0 Å². The van der Waals surface area contributed by atoms with Gasteiger partial charge in [-0.05, 0) is 50.8 Å². The van der Waals surface area contributed by atoms with Crippen LogP contribution in [0.15, 0.2) is 12.1 Å². The maximum atomic E-state index is 11.2. The molecule has 5 heteroatoms. The van der Waals surface area contributed by atoms with Gasteiger partial charge in [0.2, 0.25) is 0 Å². The van der Waals surface area contributed by atoms with Gasteiger partial charge >= 0.3 is 5.97 Å². The molecule has 0 atom stereocenters. The SMILES string of the molecule is COc1cc(CC(C)(C)C(=O)O)cc(Cl)c1OC1CC1. The molecule has 1 N–H and O–H groups in total. The van der Waals surface area contributed by atoms with E-state index in [-0.39, 0.29) is 6.10 Å². The van der Waals surface area contributed by atoms with Crippen molar-refractivity contribution in [1.29, 1.82) is 0 Å². The molecule has 110 valence electrons. The monoisotopic (exact) mass is 298 g/mol. The van der Waals surface area contributed by atoms with Gasteiger partial charge in [0.05, 0.1) is 23.7 Å². The first kappa shape index (κ1) is 15.0. The van der Waals surface area contributed by atoms with Crippen molar-refractivity contribution >= 4 is 17.6 Å². The lowest BCUT2D eigenvalue weighted by atomic mass is 9.86. The van der Waals surface area contributed by atoms with E-state index in [1.54, 1.807) is 33.1 Å². The Balaban J connectivity index is 2.27. The van der Waals surface area contributed by atoms with Crippen LogP contribution in [0, 0.1) is 5.41 Å². The van der Waals surface area contributed by atoms with Gasteiger partial charge in [-0.1, -0.05) is 11.6 Å². The predicted molar refractivity (Wildman–Crippen MR) is 76.8 cm³/mol. The average molecular weight is 299 g/mol. The van der Waals surface area contributed by atoms with Crippen LogP contribution in [0.1, 0.15) is 32.3 Å². The van der Waals surface area contributed by atoms with E-state index in [0.717, 1.165) is 18.4 Å². The molecule has 1 aromatic rings. The summed E-state index contributed by atoms with van der Waals surface area (Å²) in [5.41, 5.74) is -0.0323. The number of carbonyl (C=O) groups is 1. The van der Waals surface area contributed by atoms with E-state index in [4.69, 9.17) is 21.1 Å². The van der Waals surface area contributed by atoms with E-state index in [9.17, 15) is 9.90 Å². The van der Waals surface area contributed by atoms with Gasteiger partial charge < -0.3 is 14.6 Å². The Kier molecular flexibility index (Phi) is 4.14. The molecule has 0 aliphatic heterocycles. The van der Waals surface area contributed by atoms with Gasteiger partial charge in [0, 0.05) is 0 Å². The summed E-state index contributed by atoms with van der Waals surface area (Å²) >= 11 is 6.24. The summed E-state index contributed by atoms with van der Waals surface area (Å²) in [5.74, 6) is 0.264. The molecular formula is C15H19ClO4. The second kappa shape index (κ2) is 5.52. The maximum absolute atomic E-state index is 11.2. The Hall–Kier alpha value is -1.42. The highest BCUT2D eigenvalue weighted by Gasteiger charge is 2.30. The molecule has 0 radical (unpaired) electrons. The molecule has 1 saturated carbocycles. The molecule has 0 bridgehead atoms. The molecule has 0 unspecified atom stereocenters. The molecule has 20 heavy (non-hydrogen) atoms. The number of carboxylic acid groups (broad SMARTS) is 1. The van der Waals surface area contributed by atoms with Gasteiger partial charge in [-0.3, -0.25) is 4.79 Å². The summed E-state index contributed by atoms with van der Waals surface area (Å²) in [7, 11) is 1.55. The van der Waals surface area contributed by atoms with Crippen LogP contribution in [0.5, 0.6) is 11.5 Å². The molecule has 0 heterocycles. The Morgan fingerprint density at radius 1 is 1.45 bits per heavy atom. The zero-order chi connectivity index (χ0) is 14.9. The van der Waals surface area contributed by atoms with Crippen molar-refractivity contribution in [1.82, 2.24) is 0 Å². The summed E-state index contributed by atoms with van der Waals surface area (Å²) in [6.07, 6.45) is 2.67. The van der Waals surface area contributed by atoms with E-state index in [0.29, 0.717) is 22.9 Å². The van der Waals surface area contributed by atoms with Gasteiger partial charge in [-0.25, -0.2) is 0 Å². The van der Waals surface area contributed by atoms with Gasteiger partial charge in [0.1, 0.15) is 0 Å². The summed E-state index contributed by atoms with van der Waals surface area (Å²) in [4.78, 5) is 11.2. The van der Waals surface area contributed by atoms with Crippen molar-refractivity contribution in [2.24, 2.45) is 5.41 Å². The molecule has 0 aromatic heterocycles. The summed E-state index contributed by atoms with van der Waals surface area (Å²) < 4.78 is 11.1. The molecule has 0 amide bonds. The summed E-state index contributed by atoms with van der Waals surface area (Å²) in [6.45, 7) is 3.37. The smallest absolute Gasteiger partial charge is 0.309 e. The highest BCUT2D eigenvalue weighted by atomic mass is 35.5. The second-order valence-electron chi connectivity index (χ2n) is 5.79. The minimum absolute atomic E-state index is 0.225. The van der Waals surface area contributed by atoms with Crippen molar-refractivity contribution in [2.45, 2.75) is 39.2 Å². The van der Waals surface area contributed by atoms with Crippen LogP contribution in [-0.4, -0.2) is 24.3 Å². The predicted octanol–water partition coefficient (Wildman–Crippen LogP) is 3.54. The molecular weight excluding hydrogens is 280 g/mol. The van der Waals surface area contributed by atoms with Gasteiger partial charge in [-0.2, -0.15) is 0 Å². The molecule has 0 spiro atoms. The van der Waals surface area contributed by atoms with E-state index in [1.165, 1.54) is 0 Å². The topological polar surface area (TPSA) is 55.8 Å². The van der Waals surface area contributed by atoms with Crippen LogP contribution in [0.4, 0.5) is 0 Å². The standard InChI is InChI=1S/C15H19ClO4/c1-15(2,14(17)18)8-9-6-11(16)13(12(7-9)19-3)20-10-4-5-10/h6-7,10H,4-5,8H2,1-3H3,(H,17,18). The first-order valence-corrected chi connectivity index (χ1v) is 6.98. The van der Waals surface area contributed by atoms with Crippen molar-refractivity contribution < 1.29 is 19.4 Å². The van der Waals surface area contributed by atoms with Crippen molar-refractivity contribution in [2.75, 3.05) is 7.11 Å². The number of rotatable bonds is 6. The van der Waals surface area contributed by atoms with Crippen molar-refractivity contribution in [3.05, 3.63) is 22.7 Å². The molecule has 1 aromatic carbocycles. The van der Waals surface area contributed by atoms with Crippen LogP contribution in [0.25, 0.3) is 0 Å². The van der Waals surface area contributed by atoms with E-state index in [1.807, 2.05) is 0 Å². The Bertz CT molecular complexity index is 521. The zero-order valence-electron chi connectivity index (χ0n) is 11.9. The maximum Gasteiger partial charge on any atom is 0.309 e. The molecule has 4 nitrogen and oxygen atoms in total.